The van der Waals surface area contributed by atoms with Crippen molar-refractivity contribution in [2.24, 2.45) is 5.92 Å². The molecule has 0 saturated carbocycles. The van der Waals surface area contributed by atoms with Crippen LogP contribution in [0.1, 0.15) is 32.3 Å². The van der Waals surface area contributed by atoms with Crippen molar-refractivity contribution >= 4 is 17.5 Å². The Kier molecular flexibility index (Phi) is 8.73. The summed E-state index contributed by atoms with van der Waals surface area (Å²) in [4.78, 5) is 17.0. The molecule has 0 radical (unpaired) electrons. The van der Waals surface area contributed by atoms with Crippen LogP contribution in [0, 0.1) is 5.92 Å². The van der Waals surface area contributed by atoms with Crippen LogP contribution in [0.5, 0.6) is 0 Å². The maximum Gasteiger partial charge on any atom is 0.220 e. The van der Waals surface area contributed by atoms with Gasteiger partial charge in [-0.1, -0.05) is 37.6 Å². The van der Waals surface area contributed by atoms with Crippen LogP contribution in [0.15, 0.2) is 24.3 Å². The first-order valence-electron chi connectivity index (χ1n) is 9.52. The van der Waals surface area contributed by atoms with Gasteiger partial charge in [0.25, 0.3) is 0 Å². The summed E-state index contributed by atoms with van der Waals surface area (Å²) in [5, 5.41) is 3.85. The lowest BCUT2D eigenvalue weighted by molar-refractivity contribution is -0.121. The molecule has 1 unspecified atom stereocenters. The van der Waals surface area contributed by atoms with Crippen LogP contribution < -0.4 is 5.32 Å². The van der Waals surface area contributed by atoms with E-state index in [1.165, 1.54) is 18.7 Å². The molecular formula is C20H32ClN3O. The minimum atomic E-state index is 0.164. The first-order chi connectivity index (χ1) is 12.1. The van der Waals surface area contributed by atoms with Crippen molar-refractivity contribution in [1.82, 2.24) is 15.1 Å². The second-order valence-electron chi connectivity index (χ2n) is 7.12. The molecule has 1 atom stereocenters. The lowest BCUT2D eigenvalue weighted by Gasteiger charge is -2.35. The molecule has 0 aliphatic carbocycles. The number of hydrogen-bond donors (Lipinski definition) is 1. The van der Waals surface area contributed by atoms with E-state index in [1.54, 1.807) is 0 Å². The number of halogens is 1. The summed E-state index contributed by atoms with van der Waals surface area (Å²) >= 11 is 5.88. The molecule has 0 bridgehead atoms. The highest BCUT2D eigenvalue weighted by Crippen LogP contribution is 2.11. The number of carbonyl (C=O) groups is 1. The number of benzene rings is 1. The number of aryl methyl sites for hydroxylation is 1. The first kappa shape index (κ1) is 20.2. The highest BCUT2D eigenvalue weighted by Gasteiger charge is 2.17. The zero-order valence-corrected chi connectivity index (χ0v) is 16.4. The minimum Gasteiger partial charge on any atom is -0.356 e. The van der Waals surface area contributed by atoms with Gasteiger partial charge in [-0.3, -0.25) is 4.79 Å². The van der Waals surface area contributed by atoms with E-state index < -0.39 is 0 Å². The summed E-state index contributed by atoms with van der Waals surface area (Å²) in [7, 11) is 0. The number of hydrogen-bond acceptors (Lipinski definition) is 3. The fourth-order valence-corrected chi connectivity index (χ4v) is 3.40. The molecule has 1 aliphatic rings. The van der Waals surface area contributed by atoms with Crippen molar-refractivity contribution in [3.63, 3.8) is 0 Å². The Balaban J connectivity index is 1.55. The molecule has 1 saturated heterocycles. The second kappa shape index (κ2) is 10.8. The van der Waals surface area contributed by atoms with Crippen molar-refractivity contribution in [2.75, 3.05) is 45.8 Å². The van der Waals surface area contributed by atoms with Crippen molar-refractivity contribution in [3.8, 4) is 0 Å². The van der Waals surface area contributed by atoms with Crippen LogP contribution in [-0.2, 0) is 11.2 Å². The van der Waals surface area contributed by atoms with Gasteiger partial charge >= 0.3 is 0 Å². The third-order valence-electron chi connectivity index (χ3n) is 4.91. The Hall–Kier alpha value is -1.10. The Morgan fingerprint density at radius 2 is 1.80 bits per heavy atom. The fourth-order valence-electron chi connectivity index (χ4n) is 3.27. The van der Waals surface area contributed by atoms with Gasteiger partial charge in [0.05, 0.1) is 0 Å². The quantitative estimate of drug-likeness (QED) is 0.730. The Labute approximate surface area is 157 Å². The number of piperazine rings is 1. The summed E-state index contributed by atoms with van der Waals surface area (Å²) < 4.78 is 0. The molecule has 1 aromatic carbocycles. The van der Waals surface area contributed by atoms with E-state index in [9.17, 15) is 4.79 Å². The molecule has 0 spiro atoms. The third kappa shape index (κ3) is 7.76. The lowest BCUT2D eigenvalue weighted by Crippen LogP contribution is -2.48. The van der Waals surface area contributed by atoms with Crippen LogP contribution in [0.25, 0.3) is 0 Å². The van der Waals surface area contributed by atoms with Gasteiger partial charge in [-0.2, -0.15) is 0 Å². The van der Waals surface area contributed by atoms with Gasteiger partial charge in [0.15, 0.2) is 0 Å². The predicted molar refractivity (Wildman–Crippen MR) is 105 cm³/mol. The largest absolute Gasteiger partial charge is 0.356 e. The number of nitrogens with one attached hydrogen (secondary N) is 1. The second-order valence-corrected chi connectivity index (χ2v) is 7.56. The van der Waals surface area contributed by atoms with Crippen LogP contribution in [0.2, 0.25) is 5.02 Å². The molecule has 140 valence electrons. The smallest absolute Gasteiger partial charge is 0.220 e. The summed E-state index contributed by atoms with van der Waals surface area (Å²) in [5.74, 6) is 0.657. The summed E-state index contributed by atoms with van der Waals surface area (Å²) in [5.41, 5.74) is 1.23. The maximum absolute atomic E-state index is 12.0. The van der Waals surface area contributed by atoms with Gasteiger partial charge in [-0.25, -0.2) is 0 Å². The third-order valence-corrected chi connectivity index (χ3v) is 5.16. The van der Waals surface area contributed by atoms with E-state index in [0.717, 1.165) is 50.6 Å². The maximum atomic E-state index is 12.0. The van der Waals surface area contributed by atoms with Crippen LogP contribution in [-0.4, -0.2) is 61.5 Å². The molecule has 25 heavy (non-hydrogen) atoms. The number of amides is 1. The zero-order valence-electron chi connectivity index (χ0n) is 15.6. The zero-order chi connectivity index (χ0) is 18.1. The average molecular weight is 366 g/mol. The Morgan fingerprint density at radius 1 is 1.16 bits per heavy atom. The van der Waals surface area contributed by atoms with Gasteiger partial charge in [-0.05, 0) is 43.0 Å². The van der Waals surface area contributed by atoms with Crippen LogP contribution in [0.4, 0.5) is 0 Å². The van der Waals surface area contributed by atoms with Crippen LogP contribution in [0.3, 0.4) is 0 Å². The highest BCUT2D eigenvalue weighted by molar-refractivity contribution is 6.30. The number of likely N-dealkylation sites (N-methyl/N-ethyl adjacent to an activating group) is 1. The van der Waals surface area contributed by atoms with Crippen molar-refractivity contribution in [2.45, 2.75) is 33.1 Å². The summed E-state index contributed by atoms with van der Waals surface area (Å²) in [6, 6.07) is 7.86. The van der Waals surface area contributed by atoms with Gasteiger partial charge < -0.3 is 15.1 Å². The standard InChI is InChI=1S/C20H32ClN3O/c1-3-23-11-13-24(14-12-23)16-17(2)15-22-20(25)6-4-5-18-7-9-19(21)10-8-18/h7-10,17H,3-6,11-16H2,1-2H3,(H,22,25). The molecule has 1 heterocycles. The molecular weight excluding hydrogens is 334 g/mol. The van der Waals surface area contributed by atoms with Crippen molar-refractivity contribution < 1.29 is 4.79 Å². The normalized spacial score (nSPS) is 17.4. The number of rotatable bonds is 9. The average Bonchev–Trinajstić information content (AvgIpc) is 2.62. The van der Waals surface area contributed by atoms with Gasteiger partial charge in [0.1, 0.15) is 0 Å². The molecule has 1 aromatic rings. The Bertz CT molecular complexity index is 512. The van der Waals surface area contributed by atoms with Gasteiger partial charge in [-0.15, -0.1) is 0 Å². The summed E-state index contributed by atoms with van der Waals surface area (Å²) in [6.07, 6.45) is 2.38. The van der Waals surface area contributed by atoms with Gasteiger partial charge in [0, 0.05) is 50.7 Å². The molecule has 4 nitrogen and oxygen atoms in total. The number of nitrogens with zero attached hydrogens (tertiary/aromatic N) is 2. The molecule has 1 N–H and O–H groups in total. The van der Waals surface area contributed by atoms with E-state index in [-0.39, 0.29) is 5.91 Å². The molecule has 1 amide bonds. The molecule has 1 fully saturated rings. The van der Waals surface area contributed by atoms with E-state index in [2.05, 4.69) is 29.0 Å². The topological polar surface area (TPSA) is 35.6 Å². The van der Waals surface area contributed by atoms with E-state index in [0.29, 0.717) is 12.3 Å². The van der Waals surface area contributed by atoms with E-state index in [4.69, 9.17) is 11.6 Å². The minimum absolute atomic E-state index is 0.164. The molecule has 1 aliphatic heterocycles. The van der Waals surface area contributed by atoms with Crippen molar-refractivity contribution in [1.29, 1.82) is 0 Å². The highest BCUT2D eigenvalue weighted by atomic mass is 35.5. The molecule has 5 heteroatoms. The summed E-state index contributed by atoms with van der Waals surface area (Å²) in [6.45, 7) is 12.1. The SMILES string of the molecule is CCN1CCN(CC(C)CNC(=O)CCCc2ccc(Cl)cc2)CC1. The first-order valence-corrected chi connectivity index (χ1v) is 9.90. The predicted octanol–water partition coefficient (Wildman–Crippen LogP) is 3.05. The number of carbonyl (C=O) groups excluding carboxylic acids is 1. The van der Waals surface area contributed by atoms with Crippen LogP contribution >= 0.6 is 11.6 Å². The molecule has 2 rings (SSSR count). The Morgan fingerprint density at radius 3 is 2.44 bits per heavy atom. The van der Waals surface area contributed by atoms with Gasteiger partial charge in [0.2, 0.25) is 5.91 Å². The van der Waals surface area contributed by atoms with E-state index >= 15 is 0 Å². The monoisotopic (exact) mass is 365 g/mol. The van der Waals surface area contributed by atoms with E-state index in [1.807, 2.05) is 24.3 Å². The van der Waals surface area contributed by atoms with Crippen molar-refractivity contribution in [3.05, 3.63) is 34.9 Å². The fraction of sp³-hybridized carbons (Fsp3) is 0.650. The lowest BCUT2D eigenvalue weighted by atomic mass is 10.1. The molecule has 0 aromatic heterocycles.